The van der Waals surface area contributed by atoms with Gasteiger partial charge in [0.25, 0.3) is 0 Å². The van der Waals surface area contributed by atoms with Crippen molar-refractivity contribution in [1.82, 2.24) is 0 Å². The first-order valence-electron chi connectivity index (χ1n) is 13.0. The molecule has 0 aromatic rings. The Bertz CT molecular complexity index is 736. The predicted molar refractivity (Wildman–Crippen MR) is 141 cm³/mol. The maximum Gasteiger partial charge on any atom is 0.349 e. The maximum atomic E-state index is 9.50. The minimum atomic E-state index is -2.55. The van der Waals surface area contributed by atoms with Crippen LogP contribution in [0.1, 0.15) is 74.7 Å². The van der Waals surface area contributed by atoms with Crippen LogP contribution in [-0.4, -0.2) is 71.3 Å². The maximum absolute atomic E-state index is 9.50. The molecule has 0 radical (unpaired) electrons. The number of hydrogen-bond donors (Lipinski definition) is 1. The molecule has 6 nitrogen and oxygen atoms in total. The van der Waals surface area contributed by atoms with E-state index in [-0.39, 0.29) is 47.2 Å². The van der Waals surface area contributed by atoms with Crippen LogP contribution in [0.5, 0.6) is 0 Å². The summed E-state index contributed by atoms with van der Waals surface area (Å²) in [4.78, 5) is 0. The van der Waals surface area contributed by atoms with Crippen LogP contribution in [0.4, 0.5) is 0 Å². The Kier molecular flexibility index (Phi) is 8.11. The van der Waals surface area contributed by atoms with Gasteiger partial charge < -0.3 is 27.9 Å². The third kappa shape index (κ3) is 5.74. The molecule has 3 heterocycles. The number of aliphatic hydroxyl groups excluding tert-OH is 1. The van der Waals surface area contributed by atoms with Crippen molar-refractivity contribution in [1.29, 1.82) is 0 Å². The lowest BCUT2D eigenvalue weighted by Gasteiger charge is -2.58. The largest absolute Gasteiger partial charge is 0.410 e. The summed E-state index contributed by atoms with van der Waals surface area (Å²) in [7, 11) is -4.38. The molecular weight excluding hydrogens is 464 g/mol. The third-order valence-corrected chi connectivity index (χ3v) is 13.7. The smallest absolute Gasteiger partial charge is 0.349 e. The van der Waals surface area contributed by atoms with Crippen LogP contribution >= 0.6 is 0 Å². The Hall–Kier alpha value is -0.0662. The molecule has 6 atom stereocenters. The molecule has 1 N–H and O–H groups in total. The lowest BCUT2D eigenvalue weighted by atomic mass is 9.82. The van der Waals surface area contributed by atoms with E-state index in [9.17, 15) is 5.11 Å². The number of hydrogen-bond acceptors (Lipinski definition) is 6. The lowest BCUT2D eigenvalue weighted by molar-refractivity contribution is -0.272. The van der Waals surface area contributed by atoms with Crippen molar-refractivity contribution in [3.05, 3.63) is 11.6 Å². The van der Waals surface area contributed by atoms with Crippen molar-refractivity contribution in [2.24, 2.45) is 0 Å². The Morgan fingerprint density at radius 2 is 1.65 bits per heavy atom. The van der Waals surface area contributed by atoms with E-state index in [0.29, 0.717) is 6.61 Å². The monoisotopic (exact) mass is 514 g/mol. The standard InChI is InChI=1S/C26H50O6Si2/c1-18(16-27)12-13-23-26(8,32-33(9,10)11)15-21-19(30-23)14-20-22(29-21)17-28-34(31-20,24(2,3)4)25(5,6)7/h12,19-23,27H,13-17H2,1-11H3/b18-12+/t19-,20+,21+,22-,23+,26-/m1/s1. The molecule has 0 aromatic carbocycles. The fourth-order valence-corrected chi connectivity index (χ4v) is 12.8. The van der Waals surface area contributed by atoms with Crippen LogP contribution < -0.4 is 0 Å². The highest BCUT2D eigenvalue weighted by Gasteiger charge is 2.63. The normalized spacial score (nSPS) is 37.2. The van der Waals surface area contributed by atoms with Gasteiger partial charge in [0.15, 0.2) is 8.32 Å². The fraction of sp³-hybridized carbons (Fsp3) is 0.923. The highest BCUT2D eigenvalue weighted by molar-refractivity contribution is 6.73. The highest BCUT2D eigenvalue weighted by atomic mass is 28.4. The van der Waals surface area contributed by atoms with E-state index in [4.69, 9.17) is 22.8 Å². The molecule has 0 bridgehead atoms. The van der Waals surface area contributed by atoms with Gasteiger partial charge in [0, 0.05) is 22.9 Å². The summed E-state index contributed by atoms with van der Waals surface area (Å²) in [6, 6.07) is 0. The molecule has 0 spiro atoms. The van der Waals surface area contributed by atoms with Crippen molar-refractivity contribution in [3.63, 3.8) is 0 Å². The summed E-state index contributed by atoms with van der Waals surface area (Å²) < 4.78 is 33.8. The fourth-order valence-electron chi connectivity index (χ4n) is 6.25. The minimum Gasteiger partial charge on any atom is -0.410 e. The second-order valence-corrected chi connectivity index (χ2v) is 23.1. The SMILES string of the molecule is C/C(=C\C[C@@H]1O[C@@H]2C[C@@H]3O[Si](C(C)(C)C)(C(C)(C)C)OC[C@H]3O[C@H]2C[C@@]1(C)O[Si](C)(C)C)CO. The zero-order valence-corrected chi connectivity index (χ0v) is 25.5. The summed E-state index contributed by atoms with van der Waals surface area (Å²) in [6.07, 6.45) is 4.18. The van der Waals surface area contributed by atoms with E-state index in [0.717, 1.165) is 24.8 Å². The van der Waals surface area contributed by atoms with Crippen molar-refractivity contribution in [2.45, 2.75) is 140 Å². The van der Waals surface area contributed by atoms with Gasteiger partial charge >= 0.3 is 8.56 Å². The Balaban J connectivity index is 1.84. The molecule has 0 aliphatic carbocycles. The second kappa shape index (κ2) is 9.67. The minimum absolute atomic E-state index is 0.0160. The van der Waals surface area contributed by atoms with Crippen LogP contribution in [0.15, 0.2) is 11.6 Å². The average molecular weight is 515 g/mol. The molecule has 3 saturated heterocycles. The zero-order valence-electron chi connectivity index (χ0n) is 23.5. The van der Waals surface area contributed by atoms with Gasteiger partial charge in [-0.3, -0.25) is 0 Å². The van der Waals surface area contributed by atoms with Gasteiger partial charge in [-0.25, -0.2) is 0 Å². The first kappa shape index (κ1) is 28.5. The van der Waals surface area contributed by atoms with Crippen LogP contribution in [0.2, 0.25) is 29.7 Å². The van der Waals surface area contributed by atoms with Gasteiger partial charge in [-0.15, -0.1) is 0 Å². The van der Waals surface area contributed by atoms with E-state index in [1.807, 2.05) is 6.92 Å². The zero-order chi connectivity index (χ0) is 25.7. The van der Waals surface area contributed by atoms with Gasteiger partial charge in [0.05, 0.1) is 43.2 Å². The Morgan fingerprint density at radius 1 is 1.03 bits per heavy atom. The molecule has 8 heteroatoms. The number of fused-ring (bicyclic) bond motifs is 2. The molecule has 3 rings (SSSR count). The van der Waals surface area contributed by atoms with Crippen LogP contribution in [0, 0.1) is 0 Å². The summed E-state index contributed by atoms with van der Waals surface area (Å²) in [6.45, 7) is 24.9. The highest BCUT2D eigenvalue weighted by Crippen LogP contribution is 2.55. The van der Waals surface area contributed by atoms with Crippen molar-refractivity contribution < 1.29 is 27.9 Å². The molecule has 0 aromatic heterocycles. The third-order valence-electron chi connectivity index (χ3n) is 7.48. The Morgan fingerprint density at radius 3 is 2.18 bits per heavy atom. The van der Waals surface area contributed by atoms with Gasteiger partial charge in [0.1, 0.15) is 6.10 Å². The summed E-state index contributed by atoms with van der Waals surface area (Å²) in [5, 5.41) is 9.39. The van der Waals surface area contributed by atoms with Crippen LogP contribution in [0.25, 0.3) is 0 Å². The lowest BCUT2D eigenvalue weighted by Crippen LogP contribution is -2.69. The second-order valence-electron chi connectivity index (χ2n) is 13.9. The van der Waals surface area contributed by atoms with E-state index < -0.39 is 22.5 Å². The van der Waals surface area contributed by atoms with E-state index >= 15 is 0 Å². The van der Waals surface area contributed by atoms with Crippen LogP contribution in [0.3, 0.4) is 0 Å². The van der Waals surface area contributed by atoms with Gasteiger partial charge in [-0.05, 0) is 39.9 Å². The van der Waals surface area contributed by atoms with Gasteiger partial charge in [-0.1, -0.05) is 53.2 Å². The molecule has 198 valence electrons. The summed E-state index contributed by atoms with van der Waals surface area (Å²) in [5.41, 5.74) is 0.524. The van der Waals surface area contributed by atoms with Crippen LogP contribution in [-0.2, 0) is 22.8 Å². The van der Waals surface area contributed by atoms with Gasteiger partial charge in [0.2, 0.25) is 0 Å². The Labute approximate surface area is 210 Å². The van der Waals surface area contributed by atoms with Crippen molar-refractivity contribution >= 4 is 16.9 Å². The molecule has 34 heavy (non-hydrogen) atoms. The molecule has 0 unspecified atom stereocenters. The summed E-state index contributed by atoms with van der Waals surface area (Å²) >= 11 is 0. The van der Waals surface area contributed by atoms with E-state index in [1.54, 1.807) is 0 Å². The summed E-state index contributed by atoms with van der Waals surface area (Å²) in [5.74, 6) is 0. The predicted octanol–water partition coefficient (Wildman–Crippen LogP) is 5.70. The average Bonchev–Trinajstić information content (AvgIpc) is 2.66. The van der Waals surface area contributed by atoms with Gasteiger partial charge in [-0.2, -0.15) is 0 Å². The number of aliphatic hydroxyl groups is 1. The molecule has 3 aliphatic heterocycles. The molecule has 3 aliphatic rings. The topological polar surface area (TPSA) is 66.4 Å². The van der Waals surface area contributed by atoms with Crippen molar-refractivity contribution in [2.75, 3.05) is 13.2 Å². The van der Waals surface area contributed by atoms with Crippen molar-refractivity contribution in [3.8, 4) is 0 Å². The first-order valence-corrected chi connectivity index (χ1v) is 18.2. The first-order chi connectivity index (χ1) is 15.4. The van der Waals surface area contributed by atoms with E-state index in [2.05, 4.69) is 74.2 Å². The number of rotatable bonds is 5. The quantitative estimate of drug-likeness (QED) is 0.375. The molecule has 0 saturated carbocycles. The molecule has 0 amide bonds. The number of ether oxygens (including phenoxy) is 2. The van der Waals surface area contributed by atoms with E-state index in [1.165, 1.54) is 0 Å². The molecular formula is C26H50O6Si2. The molecule has 3 fully saturated rings.